The molecule has 0 bridgehead atoms. The molecule has 0 radical (unpaired) electrons. The number of nitriles is 1. The highest BCUT2D eigenvalue weighted by Crippen LogP contribution is 2.28. The number of benzene rings is 1. The van der Waals surface area contributed by atoms with E-state index in [0.29, 0.717) is 49.2 Å². The largest absolute Gasteiger partial charge is 0.481 e. The lowest BCUT2D eigenvalue weighted by Crippen LogP contribution is -2.40. The second kappa shape index (κ2) is 10.1. The van der Waals surface area contributed by atoms with Gasteiger partial charge in [-0.15, -0.1) is 11.3 Å². The van der Waals surface area contributed by atoms with Crippen LogP contribution in [0.1, 0.15) is 48.7 Å². The number of aliphatic carboxylic acids is 1. The molecule has 0 saturated heterocycles. The Kier molecular flexibility index (Phi) is 6.98. The van der Waals surface area contributed by atoms with E-state index in [1.54, 1.807) is 39.8 Å². The van der Waals surface area contributed by atoms with Crippen LogP contribution in [-0.2, 0) is 16.1 Å². The lowest BCUT2D eigenvalue weighted by molar-refractivity contribution is -0.142. The fraction of sp³-hybridized carbons (Fsp3) is 0.360. The van der Waals surface area contributed by atoms with E-state index >= 15 is 0 Å². The Hall–Kier alpha value is -3.64. The topological polar surface area (TPSA) is 115 Å². The first-order chi connectivity index (χ1) is 16.4. The van der Waals surface area contributed by atoms with Gasteiger partial charge in [0, 0.05) is 18.3 Å². The monoisotopic (exact) mass is 478 g/mol. The van der Waals surface area contributed by atoms with Gasteiger partial charge in [0.25, 0.3) is 5.91 Å². The van der Waals surface area contributed by atoms with Gasteiger partial charge in [0.15, 0.2) is 0 Å². The number of hydrogen-bond acceptors (Lipinski definition) is 5. The molecule has 2 aromatic heterocycles. The van der Waals surface area contributed by atoms with E-state index in [-0.39, 0.29) is 30.3 Å². The Labute approximate surface area is 201 Å². The van der Waals surface area contributed by atoms with Gasteiger partial charge < -0.3 is 19.9 Å². The molecule has 176 valence electrons. The zero-order valence-electron chi connectivity index (χ0n) is 18.9. The predicted octanol–water partition coefficient (Wildman–Crippen LogP) is 4.00. The van der Waals surface area contributed by atoms with Gasteiger partial charge in [0.2, 0.25) is 5.91 Å². The highest BCUT2D eigenvalue weighted by atomic mass is 32.1. The standard InChI is InChI=1S/C25H26N4O4S/c1-2-28(19-5-3-4-16(12-19)14-26)23(30)15-29-20-10-11-34-22(20)13-21(29)24(31)27-18-8-6-17(7-9-18)25(32)33/h3-5,10-13,17-18H,2,6-9,15H2,1H3,(H,27,31)(H,32,33)/t17-,18-. The third-order valence-corrected chi connectivity index (χ3v) is 7.22. The summed E-state index contributed by atoms with van der Waals surface area (Å²) in [5.74, 6) is -1.57. The Morgan fingerprint density at radius 2 is 1.97 bits per heavy atom. The molecule has 0 spiro atoms. The summed E-state index contributed by atoms with van der Waals surface area (Å²) in [5, 5.41) is 23.4. The number of anilines is 1. The number of carboxylic acid groups (broad SMARTS) is 1. The average Bonchev–Trinajstić information content (AvgIpc) is 3.43. The normalized spacial score (nSPS) is 17.8. The summed E-state index contributed by atoms with van der Waals surface area (Å²) in [7, 11) is 0. The number of carbonyl (C=O) groups excluding carboxylic acids is 2. The molecule has 9 heteroatoms. The number of carboxylic acids is 1. The Balaban J connectivity index is 1.54. The van der Waals surface area contributed by atoms with Crippen molar-refractivity contribution in [1.82, 2.24) is 9.88 Å². The van der Waals surface area contributed by atoms with E-state index < -0.39 is 5.97 Å². The molecule has 8 nitrogen and oxygen atoms in total. The third-order valence-electron chi connectivity index (χ3n) is 6.36. The smallest absolute Gasteiger partial charge is 0.306 e. The fourth-order valence-corrected chi connectivity index (χ4v) is 5.37. The first-order valence-corrected chi connectivity index (χ1v) is 12.2. The summed E-state index contributed by atoms with van der Waals surface area (Å²) in [4.78, 5) is 39.3. The van der Waals surface area contributed by atoms with Gasteiger partial charge in [-0.2, -0.15) is 5.26 Å². The summed E-state index contributed by atoms with van der Waals surface area (Å²) in [6, 6.07) is 12.6. The predicted molar refractivity (Wildman–Crippen MR) is 130 cm³/mol. The van der Waals surface area contributed by atoms with E-state index in [9.17, 15) is 24.8 Å². The minimum absolute atomic E-state index is 0.0145. The number of carbonyl (C=O) groups is 3. The van der Waals surface area contributed by atoms with E-state index in [2.05, 4.69) is 11.4 Å². The highest BCUT2D eigenvalue weighted by molar-refractivity contribution is 7.17. The lowest BCUT2D eigenvalue weighted by Gasteiger charge is -2.27. The van der Waals surface area contributed by atoms with Crippen molar-refractivity contribution in [3.63, 3.8) is 0 Å². The van der Waals surface area contributed by atoms with Gasteiger partial charge >= 0.3 is 5.97 Å². The lowest BCUT2D eigenvalue weighted by atomic mass is 9.86. The van der Waals surface area contributed by atoms with Crippen molar-refractivity contribution >= 4 is 45.0 Å². The van der Waals surface area contributed by atoms with Crippen LogP contribution in [0, 0.1) is 17.2 Å². The van der Waals surface area contributed by atoms with Crippen LogP contribution in [-0.4, -0.2) is 40.0 Å². The number of amides is 2. The third kappa shape index (κ3) is 4.82. The Bertz CT molecular complexity index is 1260. The van der Waals surface area contributed by atoms with Crippen LogP contribution in [0.2, 0.25) is 0 Å². The molecule has 0 unspecified atom stereocenters. The zero-order chi connectivity index (χ0) is 24.2. The van der Waals surface area contributed by atoms with E-state index in [1.165, 1.54) is 11.3 Å². The van der Waals surface area contributed by atoms with Crippen molar-refractivity contribution < 1.29 is 19.5 Å². The number of thiophene rings is 1. The van der Waals surface area contributed by atoms with Gasteiger partial charge in [-0.1, -0.05) is 6.07 Å². The molecular formula is C25H26N4O4S. The summed E-state index contributed by atoms with van der Waals surface area (Å²) in [6.07, 6.45) is 2.33. The van der Waals surface area contributed by atoms with Crippen LogP contribution in [0.25, 0.3) is 10.2 Å². The SMILES string of the molecule is CCN(C(=O)Cn1c(C(=O)N[C@H]2CC[C@H](C(=O)O)CC2)cc2sccc21)c1cccc(C#N)c1. The van der Waals surface area contributed by atoms with E-state index in [1.807, 2.05) is 18.4 Å². The quantitative estimate of drug-likeness (QED) is 0.533. The molecule has 0 atom stereocenters. The van der Waals surface area contributed by atoms with Gasteiger partial charge in [-0.05, 0) is 68.3 Å². The maximum atomic E-state index is 13.3. The second-order valence-electron chi connectivity index (χ2n) is 8.45. The van der Waals surface area contributed by atoms with E-state index in [0.717, 1.165) is 10.2 Å². The average molecular weight is 479 g/mol. The van der Waals surface area contributed by atoms with Crippen molar-refractivity contribution in [3.05, 3.63) is 53.0 Å². The van der Waals surface area contributed by atoms with Crippen LogP contribution in [0.4, 0.5) is 5.69 Å². The number of likely N-dealkylation sites (N-methyl/N-ethyl adjacent to an activating group) is 1. The highest BCUT2D eigenvalue weighted by Gasteiger charge is 2.28. The molecule has 1 aliphatic carbocycles. The summed E-state index contributed by atoms with van der Waals surface area (Å²) < 4.78 is 2.66. The van der Waals surface area contributed by atoms with Gasteiger partial charge in [0.05, 0.1) is 27.8 Å². The van der Waals surface area contributed by atoms with Crippen LogP contribution in [0.15, 0.2) is 41.8 Å². The van der Waals surface area contributed by atoms with Gasteiger partial charge in [0.1, 0.15) is 12.2 Å². The zero-order valence-corrected chi connectivity index (χ0v) is 19.7. The molecule has 2 amide bonds. The number of hydrogen-bond donors (Lipinski definition) is 2. The van der Waals surface area contributed by atoms with E-state index in [4.69, 9.17) is 0 Å². The van der Waals surface area contributed by atoms with Crippen LogP contribution < -0.4 is 10.2 Å². The number of nitrogens with zero attached hydrogens (tertiary/aromatic N) is 3. The molecule has 3 aromatic rings. The number of rotatable bonds is 7. The van der Waals surface area contributed by atoms with Gasteiger partial charge in [-0.3, -0.25) is 14.4 Å². The minimum atomic E-state index is -0.779. The van der Waals surface area contributed by atoms with Crippen molar-refractivity contribution in [3.8, 4) is 6.07 Å². The fourth-order valence-electron chi connectivity index (χ4n) is 4.55. The summed E-state index contributed by atoms with van der Waals surface area (Å²) in [6.45, 7) is 2.28. The molecule has 1 aromatic carbocycles. The molecule has 1 aliphatic rings. The minimum Gasteiger partial charge on any atom is -0.481 e. The van der Waals surface area contributed by atoms with Crippen LogP contribution in [0.5, 0.6) is 0 Å². The second-order valence-corrected chi connectivity index (χ2v) is 9.39. The summed E-state index contributed by atoms with van der Waals surface area (Å²) in [5.41, 5.74) is 2.35. The molecule has 2 heterocycles. The van der Waals surface area contributed by atoms with Crippen molar-refractivity contribution in [2.45, 2.75) is 45.2 Å². The Morgan fingerprint density at radius 1 is 1.21 bits per heavy atom. The molecule has 4 rings (SSSR count). The molecular weight excluding hydrogens is 452 g/mol. The maximum Gasteiger partial charge on any atom is 0.306 e. The first kappa shape index (κ1) is 23.5. The van der Waals surface area contributed by atoms with Crippen molar-refractivity contribution in [2.75, 3.05) is 11.4 Å². The van der Waals surface area contributed by atoms with Crippen molar-refractivity contribution in [1.29, 1.82) is 5.26 Å². The molecule has 1 fully saturated rings. The Morgan fingerprint density at radius 3 is 2.65 bits per heavy atom. The molecule has 1 saturated carbocycles. The number of nitrogens with one attached hydrogen (secondary N) is 1. The first-order valence-electron chi connectivity index (χ1n) is 11.3. The molecule has 0 aliphatic heterocycles. The molecule has 2 N–H and O–H groups in total. The summed E-state index contributed by atoms with van der Waals surface area (Å²) >= 11 is 1.50. The maximum absolute atomic E-state index is 13.3. The van der Waals surface area contributed by atoms with Crippen molar-refractivity contribution in [2.24, 2.45) is 5.92 Å². The van der Waals surface area contributed by atoms with Crippen LogP contribution >= 0.6 is 11.3 Å². The number of fused-ring (bicyclic) bond motifs is 1. The van der Waals surface area contributed by atoms with Crippen LogP contribution in [0.3, 0.4) is 0 Å². The number of aromatic nitrogens is 1. The van der Waals surface area contributed by atoms with Gasteiger partial charge in [-0.25, -0.2) is 0 Å². The molecule has 34 heavy (non-hydrogen) atoms.